The fourth-order valence-electron chi connectivity index (χ4n) is 4.86. The summed E-state index contributed by atoms with van der Waals surface area (Å²) in [6.07, 6.45) is 5.78. The first-order valence-electron chi connectivity index (χ1n) is 12.5. The predicted octanol–water partition coefficient (Wildman–Crippen LogP) is 5.42. The van der Waals surface area contributed by atoms with E-state index in [1.165, 1.54) is 7.11 Å². The largest absolute Gasteiger partial charge is 0.493 e. The third kappa shape index (κ3) is 8.33. The molecule has 9 heteroatoms. The van der Waals surface area contributed by atoms with Gasteiger partial charge in [-0.2, -0.15) is 0 Å². The van der Waals surface area contributed by atoms with Gasteiger partial charge in [0.15, 0.2) is 25.6 Å². The number of ether oxygens (including phenoxy) is 3. The van der Waals surface area contributed by atoms with Gasteiger partial charge in [0.1, 0.15) is 0 Å². The van der Waals surface area contributed by atoms with E-state index in [4.69, 9.17) is 25.5 Å². The number of benzene rings is 1. The van der Waals surface area contributed by atoms with Gasteiger partial charge in [-0.15, -0.1) is 0 Å². The van der Waals surface area contributed by atoms with Crippen molar-refractivity contribution in [2.75, 3.05) is 21.3 Å². The Kier molecular flexibility index (Phi) is 11.5. The quantitative estimate of drug-likeness (QED) is 0.180. The number of methoxy groups -OCH3 is 3. The smallest absolute Gasteiger partial charge is 0.305 e. The number of carbonyl (C=O) groups is 2. The van der Waals surface area contributed by atoms with Gasteiger partial charge in [-0.1, -0.05) is 30.5 Å². The van der Waals surface area contributed by atoms with E-state index in [1.54, 1.807) is 20.3 Å². The van der Waals surface area contributed by atoms with Crippen molar-refractivity contribution in [1.82, 2.24) is 0 Å². The number of aryl methyl sites for hydroxylation is 1. The molecular weight excluding hydrogens is 500 g/mol. The Bertz CT molecular complexity index is 927. The van der Waals surface area contributed by atoms with E-state index in [-0.39, 0.29) is 16.8 Å². The molecule has 1 aromatic carbocycles. The van der Waals surface area contributed by atoms with Crippen molar-refractivity contribution in [2.45, 2.75) is 82.7 Å². The van der Waals surface area contributed by atoms with Crippen LogP contribution in [0.2, 0.25) is 19.6 Å². The maximum absolute atomic E-state index is 13.1. The molecule has 1 aliphatic rings. The SMILES string of the molecule is COC(=O)CCCCCC(O)C1C(=O)C(Cl)=CC1(CCCc1ccc(OC)c(OC)c1)O[Si](C)(C)C. The molecule has 1 aliphatic carbocycles. The van der Waals surface area contributed by atoms with Gasteiger partial charge in [0, 0.05) is 6.42 Å². The van der Waals surface area contributed by atoms with Crippen molar-refractivity contribution < 1.29 is 33.3 Å². The highest BCUT2D eigenvalue weighted by molar-refractivity contribution is 6.70. The maximum atomic E-state index is 13.1. The zero-order valence-electron chi connectivity index (χ0n) is 22.4. The van der Waals surface area contributed by atoms with Crippen molar-refractivity contribution in [3.63, 3.8) is 0 Å². The molecule has 36 heavy (non-hydrogen) atoms. The molecule has 0 spiro atoms. The molecule has 0 heterocycles. The van der Waals surface area contributed by atoms with Crippen LogP contribution in [0.4, 0.5) is 0 Å². The van der Waals surface area contributed by atoms with Crippen LogP contribution < -0.4 is 9.47 Å². The zero-order valence-corrected chi connectivity index (χ0v) is 24.2. The average molecular weight is 541 g/mol. The number of aliphatic hydroxyl groups is 1. The number of hydrogen-bond donors (Lipinski definition) is 1. The van der Waals surface area contributed by atoms with E-state index < -0.39 is 25.9 Å². The molecule has 3 unspecified atom stereocenters. The first-order chi connectivity index (χ1) is 17.0. The minimum Gasteiger partial charge on any atom is -0.493 e. The summed E-state index contributed by atoms with van der Waals surface area (Å²) in [5.74, 6) is 0.0913. The number of aliphatic hydroxyl groups excluding tert-OH is 1. The lowest BCUT2D eigenvalue weighted by Gasteiger charge is -2.41. The Balaban J connectivity index is 2.15. The third-order valence-electron chi connectivity index (χ3n) is 6.39. The van der Waals surface area contributed by atoms with E-state index in [2.05, 4.69) is 24.4 Å². The molecule has 3 atom stereocenters. The van der Waals surface area contributed by atoms with Crippen LogP contribution >= 0.6 is 11.6 Å². The Morgan fingerprint density at radius 1 is 1.08 bits per heavy atom. The van der Waals surface area contributed by atoms with Gasteiger partial charge in [0.05, 0.1) is 44.0 Å². The van der Waals surface area contributed by atoms with Gasteiger partial charge < -0.3 is 23.7 Å². The van der Waals surface area contributed by atoms with Gasteiger partial charge >= 0.3 is 5.97 Å². The number of esters is 1. The number of rotatable bonds is 15. The summed E-state index contributed by atoms with van der Waals surface area (Å²) in [7, 11) is 2.47. The molecule has 0 aromatic heterocycles. The van der Waals surface area contributed by atoms with E-state index in [1.807, 2.05) is 18.2 Å². The Morgan fingerprint density at radius 2 is 1.78 bits per heavy atom. The monoisotopic (exact) mass is 540 g/mol. The van der Waals surface area contributed by atoms with E-state index in [0.717, 1.165) is 24.8 Å². The summed E-state index contributed by atoms with van der Waals surface area (Å²) in [5.41, 5.74) is 0.138. The Morgan fingerprint density at radius 3 is 2.39 bits per heavy atom. The molecule has 0 saturated heterocycles. The van der Waals surface area contributed by atoms with Crippen molar-refractivity contribution in [2.24, 2.45) is 5.92 Å². The van der Waals surface area contributed by atoms with Crippen molar-refractivity contribution in [3.8, 4) is 11.5 Å². The lowest BCUT2D eigenvalue weighted by atomic mass is 9.80. The van der Waals surface area contributed by atoms with Crippen LogP contribution in [0.25, 0.3) is 0 Å². The van der Waals surface area contributed by atoms with Crippen molar-refractivity contribution in [1.29, 1.82) is 0 Å². The minimum atomic E-state index is -2.11. The van der Waals surface area contributed by atoms with E-state index in [9.17, 15) is 14.7 Å². The van der Waals surface area contributed by atoms with Gasteiger partial charge in [-0.25, -0.2) is 0 Å². The fraction of sp³-hybridized carbons (Fsp3) is 0.630. The third-order valence-corrected chi connectivity index (χ3v) is 7.67. The van der Waals surface area contributed by atoms with Gasteiger partial charge in [-0.05, 0) is 75.5 Å². The molecule has 7 nitrogen and oxygen atoms in total. The van der Waals surface area contributed by atoms with Crippen LogP contribution in [-0.2, 0) is 25.2 Å². The van der Waals surface area contributed by atoms with E-state index in [0.29, 0.717) is 43.6 Å². The number of Topliss-reactive ketones (excluding diaryl/α,β-unsaturated/α-hetero) is 1. The Hall–Kier alpha value is -1.87. The summed E-state index contributed by atoms with van der Waals surface area (Å²) < 4.78 is 22.1. The summed E-state index contributed by atoms with van der Waals surface area (Å²) in [6.45, 7) is 6.22. The van der Waals surface area contributed by atoms with Gasteiger partial charge in [0.25, 0.3) is 0 Å². The number of ketones is 1. The molecular formula is C27H41ClO7Si. The van der Waals surface area contributed by atoms with E-state index >= 15 is 0 Å². The predicted molar refractivity (Wildman–Crippen MR) is 143 cm³/mol. The second kappa shape index (κ2) is 13.6. The normalized spacial score (nSPS) is 20.7. The minimum absolute atomic E-state index is 0.133. The topological polar surface area (TPSA) is 91.3 Å². The molecule has 202 valence electrons. The first kappa shape index (κ1) is 30.4. The average Bonchev–Trinajstić information content (AvgIpc) is 3.05. The highest BCUT2D eigenvalue weighted by atomic mass is 35.5. The van der Waals surface area contributed by atoms with Gasteiger partial charge in [0.2, 0.25) is 0 Å². The number of carbonyl (C=O) groups excluding carboxylic acids is 2. The second-order valence-corrected chi connectivity index (χ2v) is 15.1. The molecule has 0 bridgehead atoms. The fourth-order valence-corrected chi connectivity index (χ4v) is 6.59. The van der Waals surface area contributed by atoms with Crippen LogP contribution in [0.15, 0.2) is 29.3 Å². The molecule has 1 aromatic rings. The molecule has 0 saturated carbocycles. The van der Waals surface area contributed by atoms with Crippen LogP contribution in [0, 0.1) is 5.92 Å². The van der Waals surface area contributed by atoms with Gasteiger partial charge in [-0.3, -0.25) is 9.59 Å². The molecule has 0 radical (unpaired) electrons. The Labute approximate surface area is 221 Å². The number of allylic oxidation sites excluding steroid dienone is 1. The highest BCUT2D eigenvalue weighted by Crippen LogP contribution is 2.44. The van der Waals surface area contributed by atoms with Crippen LogP contribution in [0.3, 0.4) is 0 Å². The molecule has 0 aliphatic heterocycles. The maximum Gasteiger partial charge on any atom is 0.305 e. The number of unbranched alkanes of at least 4 members (excludes halogenated alkanes) is 2. The summed E-state index contributed by atoms with van der Waals surface area (Å²) in [4.78, 5) is 24.5. The zero-order chi connectivity index (χ0) is 26.9. The summed E-state index contributed by atoms with van der Waals surface area (Å²) in [6, 6.07) is 5.83. The highest BCUT2D eigenvalue weighted by Gasteiger charge is 2.52. The van der Waals surface area contributed by atoms with Crippen molar-refractivity contribution in [3.05, 3.63) is 34.9 Å². The van der Waals surface area contributed by atoms with Crippen molar-refractivity contribution >= 4 is 31.7 Å². The lowest BCUT2D eigenvalue weighted by Crippen LogP contribution is -2.50. The summed E-state index contributed by atoms with van der Waals surface area (Å²) >= 11 is 6.37. The number of hydrogen-bond acceptors (Lipinski definition) is 7. The second-order valence-electron chi connectivity index (χ2n) is 10.3. The van der Waals surface area contributed by atoms with Crippen LogP contribution in [0.1, 0.15) is 50.5 Å². The molecule has 0 fully saturated rings. The molecule has 2 rings (SSSR count). The van der Waals surface area contributed by atoms with Crippen LogP contribution in [-0.4, -0.2) is 58.2 Å². The standard InChI is InChI=1S/C27H41ClO7Si/c1-32-22-15-14-19(17-23(22)33-2)11-10-16-27(35-36(4,5)6)18-20(28)26(31)25(27)21(29)12-8-7-9-13-24(30)34-3/h14-15,17-18,21,25,29H,7-13,16H2,1-6H3. The van der Waals surface area contributed by atoms with Crippen LogP contribution in [0.5, 0.6) is 11.5 Å². The number of halogens is 1. The first-order valence-corrected chi connectivity index (χ1v) is 16.3. The lowest BCUT2D eigenvalue weighted by molar-refractivity contribution is -0.140. The molecule has 0 amide bonds. The summed E-state index contributed by atoms with van der Waals surface area (Å²) in [5, 5.41) is 11.3. The molecule has 1 N–H and O–H groups in total.